The van der Waals surface area contributed by atoms with Gasteiger partial charge in [-0.15, -0.1) is 6.58 Å². The van der Waals surface area contributed by atoms with Crippen LogP contribution in [-0.2, 0) is 23.2 Å². The summed E-state index contributed by atoms with van der Waals surface area (Å²) in [5, 5.41) is 4.80. The summed E-state index contributed by atoms with van der Waals surface area (Å²) >= 11 is 0. The number of carbonyl (C=O) groups is 2. The summed E-state index contributed by atoms with van der Waals surface area (Å²) in [7, 11) is 0. The Kier molecular flexibility index (Phi) is 9.45. The van der Waals surface area contributed by atoms with Gasteiger partial charge in [0.25, 0.3) is 0 Å². The van der Waals surface area contributed by atoms with Gasteiger partial charge in [-0.25, -0.2) is 9.59 Å². The van der Waals surface area contributed by atoms with Gasteiger partial charge in [0.1, 0.15) is 5.60 Å². The molecule has 2 aliphatic heterocycles. The van der Waals surface area contributed by atoms with E-state index in [0.717, 1.165) is 17.7 Å². The molecule has 1 aromatic heterocycles. The number of halogens is 3. The number of urea groups is 1. The van der Waals surface area contributed by atoms with Crippen LogP contribution in [0.2, 0.25) is 0 Å². The van der Waals surface area contributed by atoms with Crippen molar-refractivity contribution >= 4 is 12.1 Å². The standard InChI is InChI=1S/C33H38F3N5O3/c1-3-17-41(30(42)37-22-26-11-13-28(14-12-26)33(34,35)36)29-15-20-40(21-16-29)44-32(27-9-5-4-6-10-27)24-39(23-25(32)2)31(43)38-18-7-8-19-38/h3-14,18-19,25,29H,1,15-17,20-24H2,2H3,(H,37,42)/t25-,32+/m0/s1. The first-order chi connectivity index (χ1) is 21.1. The Balaban J connectivity index is 1.22. The average molecular weight is 610 g/mol. The lowest BCUT2D eigenvalue weighted by atomic mass is 9.85. The number of piperidine rings is 1. The first kappa shape index (κ1) is 31.3. The topological polar surface area (TPSA) is 70.1 Å². The number of hydrogen-bond donors (Lipinski definition) is 1. The highest BCUT2D eigenvalue weighted by Crippen LogP contribution is 2.42. The monoisotopic (exact) mass is 609 g/mol. The normalized spacial score (nSPS) is 21.3. The molecule has 5 rings (SSSR count). The third-order valence-electron chi connectivity index (χ3n) is 8.54. The lowest BCUT2D eigenvalue weighted by Crippen LogP contribution is -2.52. The molecule has 2 aromatic carbocycles. The molecule has 0 bridgehead atoms. The third-order valence-corrected chi connectivity index (χ3v) is 8.54. The Hall–Kier alpha value is -4.09. The van der Waals surface area contributed by atoms with Gasteiger partial charge < -0.3 is 15.1 Å². The Labute approximate surface area is 255 Å². The number of likely N-dealkylation sites (tertiary alicyclic amines) is 1. The molecule has 0 saturated carbocycles. The highest BCUT2D eigenvalue weighted by atomic mass is 19.4. The van der Waals surface area contributed by atoms with Crippen LogP contribution in [-0.4, -0.2) is 70.3 Å². The van der Waals surface area contributed by atoms with Crippen LogP contribution >= 0.6 is 0 Å². The number of carbonyl (C=O) groups excluding carboxylic acids is 2. The minimum absolute atomic E-state index is 0.0235. The first-order valence-corrected chi connectivity index (χ1v) is 14.8. The number of hydroxylamine groups is 2. The second-order valence-electron chi connectivity index (χ2n) is 11.5. The largest absolute Gasteiger partial charge is 0.416 e. The highest BCUT2D eigenvalue weighted by Gasteiger charge is 2.50. The zero-order chi connectivity index (χ0) is 31.3. The SMILES string of the molecule is C=CCN(C(=O)NCc1ccc(C(F)(F)F)cc1)C1CCN(O[C@]2(c3ccccc3)CN(C(=O)n3cccc3)C[C@@H]2C)CC1. The zero-order valence-corrected chi connectivity index (χ0v) is 24.7. The second-order valence-corrected chi connectivity index (χ2v) is 11.5. The van der Waals surface area contributed by atoms with Crippen LogP contribution in [0.1, 0.15) is 36.5 Å². The zero-order valence-electron chi connectivity index (χ0n) is 24.7. The molecule has 2 saturated heterocycles. The molecule has 234 valence electrons. The van der Waals surface area contributed by atoms with E-state index in [1.54, 1.807) is 27.9 Å². The molecule has 0 radical (unpaired) electrons. The first-order valence-electron chi connectivity index (χ1n) is 14.8. The lowest BCUT2D eigenvalue weighted by Gasteiger charge is -2.42. The molecule has 44 heavy (non-hydrogen) atoms. The molecule has 3 aromatic rings. The van der Waals surface area contributed by atoms with E-state index >= 15 is 0 Å². The predicted octanol–water partition coefficient (Wildman–Crippen LogP) is 6.12. The molecule has 1 N–H and O–H groups in total. The maximum Gasteiger partial charge on any atom is 0.416 e. The van der Waals surface area contributed by atoms with Crippen molar-refractivity contribution in [2.24, 2.45) is 5.92 Å². The summed E-state index contributed by atoms with van der Waals surface area (Å²) in [5.74, 6) is 0.0235. The molecule has 2 atom stereocenters. The van der Waals surface area contributed by atoms with E-state index < -0.39 is 17.3 Å². The van der Waals surface area contributed by atoms with Crippen LogP contribution < -0.4 is 5.32 Å². The molecule has 2 aliphatic rings. The van der Waals surface area contributed by atoms with Crippen molar-refractivity contribution in [1.29, 1.82) is 0 Å². The number of hydrogen-bond acceptors (Lipinski definition) is 4. The summed E-state index contributed by atoms with van der Waals surface area (Å²) < 4.78 is 40.2. The van der Waals surface area contributed by atoms with E-state index in [0.29, 0.717) is 51.1 Å². The van der Waals surface area contributed by atoms with E-state index in [-0.39, 0.29) is 30.6 Å². The fourth-order valence-corrected chi connectivity index (χ4v) is 6.12. The van der Waals surface area contributed by atoms with Gasteiger partial charge in [-0.3, -0.25) is 9.40 Å². The van der Waals surface area contributed by atoms with Crippen LogP contribution in [0.3, 0.4) is 0 Å². The van der Waals surface area contributed by atoms with Gasteiger partial charge >= 0.3 is 18.2 Å². The van der Waals surface area contributed by atoms with E-state index in [1.165, 1.54) is 12.1 Å². The molecular weight excluding hydrogens is 571 g/mol. The number of rotatable bonds is 8. The third kappa shape index (κ3) is 6.84. The molecule has 3 heterocycles. The van der Waals surface area contributed by atoms with Gasteiger partial charge in [-0.1, -0.05) is 55.5 Å². The Morgan fingerprint density at radius 3 is 2.32 bits per heavy atom. The minimum atomic E-state index is -4.41. The number of nitrogens with one attached hydrogen (secondary N) is 1. The van der Waals surface area contributed by atoms with Crippen molar-refractivity contribution in [3.63, 3.8) is 0 Å². The molecule has 0 unspecified atom stereocenters. The van der Waals surface area contributed by atoms with Gasteiger partial charge in [0.15, 0.2) is 0 Å². The van der Waals surface area contributed by atoms with Crippen molar-refractivity contribution in [2.45, 2.75) is 44.1 Å². The average Bonchev–Trinajstić information content (AvgIpc) is 3.68. The number of nitrogens with zero attached hydrogens (tertiary/aromatic N) is 4. The molecule has 2 fully saturated rings. The van der Waals surface area contributed by atoms with Crippen LogP contribution in [0.4, 0.5) is 22.8 Å². The van der Waals surface area contributed by atoms with Crippen molar-refractivity contribution in [3.8, 4) is 0 Å². The summed E-state index contributed by atoms with van der Waals surface area (Å²) in [5.41, 5.74) is 0.135. The predicted molar refractivity (Wildman–Crippen MR) is 160 cm³/mol. The molecule has 0 spiro atoms. The highest BCUT2D eigenvalue weighted by molar-refractivity contribution is 5.77. The quantitative estimate of drug-likeness (QED) is 0.313. The Bertz CT molecular complexity index is 1410. The minimum Gasteiger partial charge on any atom is -0.334 e. The van der Waals surface area contributed by atoms with Gasteiger partial charge in [0.05, 0.1) is 12.1 Å². The van der Waals surface area contributed by atoms with Crippen molar-refractivity contribution in [1.82, 2.24) is 24.7 Å². The van der Waals surface area contributed by atoms with E-state index in [1.807, 2.05) is 52.4 Å². The number of alkyl halides is 3. The molecule has 3 amide bonds. The van der Waals surface area contributed by atoms with Crippen LogP contribution in [0.15, 0.2) is 91.8 Å². The van der Waals surface area contributed by atoms with Crippen molar-refractivity contribution in [2.75, 3.05) is 32.7 Å². The second kappa shape index (κ2) is 13.3. The van der Waals surface area contributed by atoms with Crippen molar-refractivity contribution < 1.29 is 27.6 Å². The molecule has 0 aliphatic carbocycles. The smallest absolute Gasteiger partial charge is 0.334 e. The van der Waals surface area contributed by atoms with Crippen molar-refractivity contribution in [3.05, 3.63) is 108 Å². The van der Waals surface area contributed by atoms with Gasteiger partial charge in [-0.2, -0.15) is 18.2 Å². The lowest BCUT2D eigenvalue weighted by molar-refractivity contribution is -0.268. The molecule has 11 heteroatoms. The number of amides is 3. The number of benzene rings is 2. The summed E-state index contributed by atoms with van der Waals surface area (Å²) in [6.07, 6.45) is 2.07. The van der Waals surface area contributed by atoms with Gasteiger partial charge in [0.2, 0.25) is 0 Å². The Morgan fingerprint density at radius 1 is 1.05 bits per heavy atom. The van der Waals surface area contributed by atoms with Crippen LogP contribution in [0.5, 0.6) is 0 Å². The van der Waals surface area contributed by atoms with E-state index in [4.69, 9.17) is 4.84 Å². The maximum absolute atomic E-state index is 13.2. The maximum atomic E-state index is 13.2. The van der Waals surface area contributed by atoms with Crippen LogP contribution in [0, 0.1) is 5.92 Å². The van der Waals surface area contributed by atoms with Crippen LogP contribution in [0.25, 0.3) is 0 Å². The Morgan fingerprint density at radius 2 is 1.70 bits per heavy atom. The molecule has 8 nitrogen and oxygen atoms in total. The van der Waals surface area contributed by atoms with E-state index in [9.17, 15) is 22.8 Å². The fraction of sp³-hybridized carbons (Fsp3) is 0.394. The molecular formula is C33H38F3N5O3. The summed E-state index contributed by atoms with van der Waals surface area (Å²) in [6, 6.07) is 18.0. The van der Waals surface area contributed by atoms with Gasteiger partial charge in [-0.05, 0) is 48.2 Å². The fourth-order valence-electron chi connectivity index (χ4n) is 6.12. The van der Waals surface area contributed by atoms with E-state index in [2.05, 4.69) is 18.8 Å². The van der Waals surface area contributed by atoms with Gasteiger partial charge in [0, 0.05) is 57.1 Å². The number of aromatic nitrogens is 1. The summed E-state index contributed by atoms with van der Waals surface area (Å²) in [4.78, 5) is 36.8. The summed E-state index contributed by atoms with van der Waals surface area (Å²) in [6.45, 7) is 8.48.